The summed E-state index contributed by atoms with van der Waals surface area (Å²) in [6.45, 7) is 10.8. The van der Waals surface area contributed by atoms with Crippen molar-refractivity contribution in [2.24, 2.45) is 5.41 Å². The Bertz CT molecular complexity index is 188. The van der Waals surface area contributed by atoms with Gasteiger partial charge in [0.05, 0.1) is 0 Å². The maximum atomic E-state index is 10.2. The van der Waals surface area contributed by atoms with Gasteiger partial charge in [0.2, 0.25) is 0 Å². The van der Waals surface area contributed by atoms with Crippen molar-refractivity contribution in [1.29, 1.82) is 0 Å². The van der Waals surface area contributed by atoms with Crippen LogP contribution in [0.1, 0.15) is 41.0 Å². The van der Waals surface area contributed by atoms with E-state index < -0.39 is 0 Å². The Balaban J connectivity index is 4.20. The number of allylic oxidation sites excluding steroid dienone is 2. The molecular formula is C11H20O2. The number of hydrogen-bond donors (Lipinski definition) is 0. The molecule has 0 aromatic rings. The molecule has 0 radical (unpaired) electrons. The van der Waals surface area contributed by atoms with Crippen molar-refractivity contribution in [3.05, 3.63) is 11.6 Å². The molecule has 0 saturated heterocycles. The SMILES string of the molecule is CC(C)=CCC(C)(C)C(C)OC=O. The second-order valence-electron chi connectivity index (χ2n) is 4.35. The Morgan fingerprint density at radius 1 is 1.46 bits per heavy atom. The van der Waals surface area contributed by atoms with E-state index >= 15 is 0 Å². The monoisotopic (exact) mass is 184 g/mol. The highest BCUT2D eigenvalue weighted by Gasteiger charge is 2.25. The fraction of sp³-hybridized carbons (Fsp3) is 0.727. The standard InChI is InChI=1S/C11H20O2/c1-9(2)6-7-11(4,5)10(3)13-8-12/h6,8,10H,7H2,1-5H3. The summed E-state index contributed by atoms with van der Waals surface area (Å²) in [6, 6.07) is 0. The van der Waals surface area contributed by atoms with Gasteiger partial charge in [-0.15, -0.1) is 0 Å². The average molecular weight is 184 g/mol. The molecule has 0 heterocycles. The van der Waals surface area contributed by atoms with Crippen molar-refractivity contribution in [2.75, 3.05) is 0 Å². The molecule has 0 aromatic heterocycles. The molecule has 0 amide bonds. The average Bonchev–Trinajstić information content (AvgIpc) is 2.01. The number of ether oxygens (including phenoxy) is 1. The molecule has 0 fully saturated rings. The minimum Gasteiger partial charge on any atom is -0.464 e. The molecule has 0 saturated carbocycles. The minimum atomic E-state index is -0.0411. The summed E-state index contributed by atoms with van der Waals surface area (Å²) in [5.41, 5.74) is 1.31. The summed E-state index contributed by atoms with van der Waals surface area (Å²) >= 11 is 0. The number of carbonyl (C=O) groups excluding carboxylic acids is 1. The molecule has 0 spiro atoms. The fourth-order valence-corrected chi connectivity index (χ4v) is 0.901. The molecule has 76 valence electrons. The Labute approximate surface area is 81.0 Å². The molecule has 2 heteroatoms. The lowest BCUT2D eigenvalue weighted by molar-refractivity contribution is -0.138. The van der Waals surface area contributed by atoms with Gasteiger partial charge in [0.1, 0.15) is 6.10 Å². The van der Waals surface area contributed by atoms with E-state index in [1.807, 2.05) is 6.92 Å². The lowest BCUT2D eigenvalue weighted by Gasteiger charge is -2.29. The van der Waals surface area contributed by atoms with Crippen molar-refractivity contribution in [3.63, 3.8) is 0 Å². The van der Waals surface area contributed by atoms with Crippen molar-refractivity contribution < 1.29 is 9.53 Å². The topological polar surface area (TPSA) is 26.3 Å². The Kier molecular flexibility index (Phi) is 4.74. The zero-order valence-electron chi connectivity index (χ0n) is 9.26. The molecule has 1 unspecified atom stereocenters. The Morgan fingerprint density at radius 3 is 2.38 bits per heavy atom. The first-order valence-electron chi connectivity index (χ1n) is 4.62. The first kappa shape index (κ1) is 12.2. The maximum absolute atomic E-state index is 10.2. The Hall–Kier alpha value is -0.790. The molecule has 0 aromatic carbocycles. The second kappa shape index (κ2) is 5.05. The largest absolute Gasteiger partial charge is 0.464 e. The van der Waals surface area contributed by atoms with Crippen LogP contribution in [0.3, 0.4) is 0 Å². The normalized spacial score (nSPS) is 13.3. The van der Waals surface area contributed by atoms with Crippen LogP contribution >= 0.6 is 0 Å². The predicted molar refractivity (Wildman–Crippen MR) is 54.4 cm³/mol. The highest BCUT2D eigenvalue weighted by atomic mass is 16.5. The first-order chi connectivity index (χ1) is 5.90. The quantitative estimate of drug-likeness (QED) is 0.485. The lowest BCUT2D eigenvalue weighted by Crippen LogP contribution is -2.28. The van der Waals surface area contributed by atoms with Crippen LogP contribution in [0.15, 0.2) is 11.6 Å². The second-order valence-corrected chi connectivity index (χ2v) is 4.35. The van der Waals surface area contributed by atoms with Gasteiger partial charge in [-0.25, -0.2) is 0 Å². The fourth-order valence-electron chi connectivity index (χ4n) is 0.901. The molecule has 0 N–H and O–H groups in total. The van der Waals surface area contributed by atoms with Gasteiger partial charge in [0, 0.05) is 5.41 Å². The van der Waals surface area contributed by atoms with Gasteiger partial charge in [0.15, 0.2) is 0 Å². The predicted octanol–water partition coefficient (Wildman–Crippen LogP) is 2.93. The van der Waals surface area contributed by atoms with Crippen LogP contribution in [-0.4, -0.2) is 12.6 Å². The van der Waals surface area contributed by atoms with Crippen LogP contribution in [0.5, 0.6) is 0 Å². The van der Waals surface area contributed by atoms with Gasteiger partial charge in [-0.3, -0.25) is 4.79 Å². The molecule has 0 rings (SSSR count). The van der Waals surface area contributed by atoms with Crippen LogP contribution in [0.4, 0.5) is 0 Å². The van der Waals surface area contributed by atoms with E-state index in [2.05, 4.69) is 33.8 Å². The van der Waals surface area contributed by atoms with E-state index in [1.54, 1.807) is 0 Å². The van der Waals surface area contributed by atoms with Gasteiger partial charge >= 0.3 is 0 Å². The zero-order valence-corrected chi connectivity index (χ0v) is 9.26. The highest BCUT2D eigenvalue weighted by Crippen LogP contribution is 2.27. The van der Waals surface area contributed by atoms with Crippen LogP contribution in [0.25, 0.3) is 0 Å². The minimum absolute atomic E-state index is 0.0121. The Morgan fingerprint density at radius 2 is 2.00 bits per heavy atom. The summed E-state index contributed by atoms with van der Waals surface area (Å²) in [4.78, 5) is 10.2. The number of hydrogen-bond acceptors (Lipinski definition) is 2. The summed E-state index contributed by atoms with van der Waals surface area (Å²) in [5, 5.41) is 0. The molecular weight excluding hydrogens is 164 g/mol. The third-order valence-electron chi connectivity index (χ3n) is 2.40. The van der Waals surface area contributed by atoms with Gasteiger partial charge < -0.3 is 4.74 Å². The van der Waals surface area contributed by atoms with Crippen molar-refractivity contribution in [2.45, 2.75) is 47.1 Å². The van der Waals surface area contributed by atoms with Crippen molar-refractivity contribution in [1.82, 2.24) is 0 Å². The third kappa shape index (κ3) is 4.71. The van der Waals surface area contributed by atoms with Gasteiger partial charge in [-0.05, 0) is 27.2 Å². The van der Waals surface area contributed by atoms with Crippen LogP contribution in [0.2, 0.25) is 0 Å². The molecule has 0 bridgehead atoms. The molecule has 0 aliphatic rings. The maximum Gasteiger partial charge on any atom is 0.293 e. The van der Waals surface area contributed by atoms with E-state index in [1.165, 1.54) is 5.57 Å². The van der Waals surface area contributed by atoms with Gasteiger partial charge in [0.25, 0.3) is 6.47 Å². The van der Waals surface area contributed by atoms with E-state index in [9.17, 15) is 4.79 Å². The molecule has 13 heavy (non-hydrogen) atoms. The smallest absolute Gasteiger partial charge is 0.293 e. The van der Waals surface area contributed by atoms with E-state index in [0.717, 1.165) is 6.42 Å². The summed E-state index contributed by atoms with van der Waals surface area (Å²) in [7, 11) is 0. The summed E-state index contributed by atoms with van der Waals surface area (Å²) in [5.74, 6) is 0. The van der Waals surface area contributed by atoms with E-state index in [0.29, 0.717) is 6.47 Å². The van der Waals surface area contributed by atoms with Crippen molar-refractivity contribution in [3.8, 4) is 0 Å². The van der Waals surface area contributed by atoms with E-state index in [4.69, 9.17) is 4.74 Å². The lowest BCUT2D eigenvalue weighted by atomic mass is 9.83. The summed E-state index contributed by atoms with van der Waals surface area (Å²) in [6.07, 6.45) is 3.07. The van der Waals surface area contributed by atoms with Gasteiger partial charge in [-0.2, -0.15) is 0 Å². The third-order valence-corrected chi connectivity index (χ3v) is 2.40. The zero-order chi connectivity index (χ0) is 10.5. The molecule has 0 aliphatic carbocycles. The van der Waals surface area contributed by atoms with Crippen LogP contribution in [-0.2, 0) is 9.53 Å². The van der Waals surface area contributed by atoms with Gasteiger partial charge in [-0.1, -0.05) is 25.5 Å². The molecule has 0 aliphatic heterocycles. The highest BCUT2D eigenvalue weighted by molar-refractivity contribution is 5.37. The summed E-state index contributed by atoms with van der Waals surface area (Å²) < 4.78 is 4.93. The van der Waals surface area contributed by atoms with Crippen LogP contribution < -0.4 is 0 Å². The first-order valence-corrected chi connectivity index (χ1v) is 4.62. The number of rotatable bonds is 5. The molecule has 1 atom stereocenters. The van der Waals surface area contributed by atoms with E-state index in [-0.39, 0.29) is 11.5 Å². The van der Waals surface area contributed by atoms with Crippen LogP contribution in [0, 0.1) is 5.41 Å². The van der Waals surface area contributed by atoms with Crippen molar-refractivity contribution >= 4 is 6.47 Å². The molecule has 2 nitrogen and oxygen atoms in total. The number of carbonyl (C=O) groups is 1.